The summed E-state index contributed by atoms with van der Waals surface area (Å²) in [5.41, 5.74) is 0.747. The van der Waals surface area contributed by atoms with E-state index < -0.39 is 0 Å². The molecule has 3 heteroatoms. The second-order valence-electron chi connectivity index (χ2n) is 4.43. The Labute approximate surface area is 94.1 Å². The molecule has 0 radical (unpaired) electrons. The van der Waals surface area contributed by atoms with Gasteiger partial charge in [-0.05, 0) is 31.3 Å². The van der Waals surface area contributed by atoms with Crippen LogP contribution < -0.4 is 10.1 Å². The van der Waals surface area contributed by atoms with Crippen LogP contribution in [0.15, 0.2) is 24.3 Å². The molecule has 0 aliphatic carbocycles. The number of hydrogen-bond donors (Lipinski definition) is 1. The molecule has 0 unspecified atom stereocenters. The molecule has 0 saturated carbocycles. The molecule has 2 aliphatic heterocycles. The molecule has 2 heterocycles. The maximum absolute atomic E-state index is 13.1. The van der Waals surface area contributed by atoms with Crippen molar-refractivity contribution in [2.24, 2.45) is 0 Å². The number of halogens is 1. The van der Waals surface area contributed by atoms with E-state index in [1.165, 1.54) is 12.1 Å². The van der Waals surface area contributed by atoms with Crippen molar-refractivity contribution in [3.05, 3.63) is 35.7 Å². The lowest BCUT2D eigenvalue weighted by atomic mass is 9.89. The maximum atomic E-state index is 13.1. The van der Waals surface area contributed by atoms with Crippen molar-refractivity contribution in [3.63, 3.8) is 0 Å². The van der Waals surface area contributed by atoms with E-state index in [9.17, 15) is 4.39 Å². The Balaban J connectivity index is 1.95. The van der Waals surface area contributed by atoms with Gasteiger partial charge in [-0.15, -0.1) is 0 Å². The van der Waals surface area contributed by atoms with Gasteiger partial charge in [0.2, 0.25) is 0 Å². The normalized spacial score (nSPS) is 21.6. The number of ether oxygens (including phenoxy) is 1. The van der Waals surface area contributed by atoms with Gasteiger partial charge in [0.15, 0.2) is 0 Å². The Bertz CT molecular complexity index is 436. The number of hydrogen-bond acceptors (Lipinski definition) is 2. The molecule has 0 atom stereocenters. The molecule has 0 aromatic heterocycles. The zero-order valence-corrected chi connectivity index (χ0v) is 9.00. The van der Waals surface area contributed by atoms with Crippen molar-refractivity contribution in [1.82, 2.24) is 5.32 Å². The molecule has 2 nitrogen and oxygen atoms in total. The number of piperidine rings is 1. The first-order chi connectivity index (χ1) is 7.77. The lowest BCUT2D eigenvalue weighted by Crippen LogP contribution is -2.45. The smallest absolute Gasteiger partial charge is 0.130 e. The minimum absolute atomic E-state index is 0.216. The van der Waals surface area contributed by atoms with Gasteiger partial charge in [-0.1, -0.05) is 6.08 Å². The topological polar surface area (TPSA) is 21.3 Å². The molecule has 1 fully saturated rings. The zero-order valence-electron chi connectivity index (χ0n) is 9.00. The van der Waals surface area contributed by atoms with E-state index >= 15 is 0 Å². The van der Waals surface area contributed by atoms with Gasteiger partial charge in [0.05, 0.1) is 0 Å². The van der Waals surface area contributed by atoms with E-state index in [0.29, 0.717) is 5.75 Å². The number of fused-ring (bicyclic) bond motifs is 1. The first kappa shape index (κ1) is 9.85. The van der Waals surface area contributed by atoms with E-state index in [1.807, 2.05) is 6.08 Å². The van der Waals surface area contributed by atoms with Gasteiger partial charge >= 0.3 is 0 Å². The van der Waals surface area contributed by atoms with Gasteiger partial charge in [-0.2, -0.15) is 0 Å². The minimum atomic E-state index is -0.238. The van der Waals surface area contributed by atoms with Crippen LogP contribution in [0.25, 0.3) is 6.08 Å². The molecule has 0 bridgehead atoms. The Morgan fingerprint density at radius 1 is 1.25 bits per heavy atom. The fourth-order valence-corrected chi connectivity index (χ4v) is 2.35. The Morgan fingerprint density at radius 2 is 2.06 bits per heavy atom. The molecule has 3 rings (SSSR count). The summed E-state index contributed by atoms with van der Waals surface area (Å²) in [5, 5.41) is 3.30. The standard InChI is InChI=1S/C13H14FNO/c14-11-2-1-10-3-4-13(16-12(10)9-11)5-7-15-8-6-13/h1-4,9,15H,5-8H2. The fraction of sp³-hybridized carbons (Fsp3) is 0.385. The highest BCUT2D eigenvalue weighted by Crippen LogP contribution is 2.35. The molecule has 1 saturated heterocycles. The van der Waals surface area contributed by atoms with Gasteiger partial charge in [0.1, 0.15) is 17.2 Å². The number of rotatable bonds is 0. The van der Waals surface area contributed by atoms with E-state index in [2.05, 4.69) is 11.4 Å². The third kappa shape index (κ3) is 1.61. The summed E-state index contributed by atoms with van der Waals surface area (Å²) in [7, 11) is 0. The predicted octanol–water partition coefficient (Wildman–Crippen LogP) is 2.35. The molecular weight excluding hydrogens is 205 g/mol. The molecule has 16 heavy (non-hydrogen) atoms. The van der Waals surface area contributed by atoms with Gasteiger partial charge in [-0.3, -0.25) is 0 Å². The average molecular weight is 219 g/mol. The largest absolute Gasteiger partial charge is 0.482 e. The van der Waals surface area contributed by atoms with Crippen LogP contribution in [-0.4, -0.2) is 18.7 Å². The molecule has 0 amide bonds. The summed E-state index contributed by atoms with van der Waals surface area (Å²) in [5.74, 6) is 0.433. The summed E-state index contributed by atoms with van der Waals surface area (Å²) in [6.45, 7) is 1.91. The Morgan fingerprint density at radius 3 is 2.88 bits per heavy atom. The van der Waals surface area contributed by atoms with Gasteiger partial charge < -0.3 is 10.1 Å². The average Bonchev–Trinajstić information content (AvgIpc) is 2.29. The molecule has 1 spiro atoms. The minimum Gasteiger partial charge on any atom is -0.482 e. The molecule has 1 N–H and O–H groups in total. The second-order valence-corrected chi connectivity index (χ2v) is 4.43. The molecule has 2 aliphatic rings. The number of benzene rings is 1. The first-order valence-electron chi connectivity index (χ1n) is 5.66. The van der Waals surface area contributed by atoms with Gasteiger partial charge in [-0.25, -0.2) is 4.39 Å². The first-order valence-corrected chi connectivity index (χ1v) is 5.66. The van der Waals surface area contributed by atoms with E-state index in [-0.39, 0.29) is 11.4 Å². The highest BCUT2D eigenvalue weighted by molar-refractivity contribution is 5.61. The van der Waals surface area contributed by atoms with Crippen LogP contribution in [0.2, 0.25) is 0 Å². The van der Waals surface area contributed by atoms with E-state index in [4.69, 9.17) is 4.74 Å². The van der Waals surface area contributed by atoms with Crippen LogP contribution in [0.5, 0.6) is 5.75 Å². The summed E-state index contributed by atoms with van der Waals surface area (Å²) in [6, 6.07) is 4.70. The third-order valence-corrected chi connectivity index (χ3v) is 3.31. The van der Waals surface area contributed by atoms with Crippen molar-refractivity contribution in [3.8, 4) is 5.75 Å². The quantitative estimate of drug-likeness (QED) is 0.723. The third-order valence-electron chi connectivity index (χ3n) is 3.31. The zero-order chi connectivity index (χ0) is 11.0. The number of nitrogens with one attached hydrogen (secondary N) is 1. The van der Waals surface area contributed by atoms with Crippen LogP contribution >= 0.6 is 0 Å². The van der Waals surface area contributed by atoms with Crippen LogP contribution in [0.1, 0.15) is 18.4 Å². The highest BCUT2D eigenvalue weighted by atomic mass is 19.1. The molecular formula is C13H14FNO. The molecule has 84 valence electrons. The van der Waals surface area contributed by atoms with Crippen molar-refractivity contribution in [1.29, 1.82) is 0 Å². The van der Waals surface area contributed by atoms with Crippen molar-refractivity contribution < 1.29 is 9.13 Å². The van der Waals surface area contributed by atoms with Gasteiger partial charge in [0.25, 0.3) is 0 Å². The van der Waals surface area contributed by atoms with Crippen molar-refractivity contribution in [2.45, 2.75) is 18.4 Å². The van der Waals surface area contributed by atoms with Crippen molar-refractivity contribution in [2.75, 3.05) is 13.1 Å². The molecule has 1 aromatic carbocycles. The maximum Gasteiger partial charge on any atom is 0.130 e. The van der Waals surface area contributed by atoms with Gasteiger partial charge in [0, 0.05) is 24.5 Å². The van der Waals surface area contributed by atoms with E-state index in [0.717, 1.165) is 31.5 Å². The Kier molecular flexibility index (Phi) is 2.21. The Hall–Kier alpha value is -1.35. The summed E-state index contributed by atoms with van der Waals surface area (Å²) in [4.78, 5) is 0. The SMILES string of the molecule is Fc1ccc2c(c1)OC1(C=C2)CCNCC1. The lowest BCUT2D eigenvalue weighted by molar-refractivity contribution is 0.0819. The highest BCUT2D eigenvalue weighted by Gasteiger charge is 2.34. The van der Waals surface area contributed by atoms with Crippen LogP contribution in [0, 0.1) is 5.82 Å². The summed E-state index contributed by atoms with van der Waals surface area (Å²) < 4.78 is 19.1. The lowest BCUT2D eigenvalue weighted by Gasteiger charge is -2.38. The molecule has 1 aromatic rings. The van der Waals surface area contributed by atoms with Crippen LogP contribution in [0.4, 0.5) is 4.39 Å². The summed E-state index contributed by atoms with van der Waals surface area (Å²) >= 11 is 0. The summed E-state index contributed by atoms with van der Waals surface area (Å²) in [6.07, 6.45) is 6.05. The van der Waals surface area contributed by atoms with Crippen LogP contribution in [-0.2, 0) is 0 Å². The predicted molar refractivity (Wildman–Crippen MR) is 60.9 cm³/mol. The monoisotopic (exact) mass is 219 g/mol. The van der Waals surface area contributed by atoms with Crippen LogP contribution in [0.3, 0.4) is 0 Å². The van der Waals surface area contributed by atoms with E-state index in [1.54, 1.807) is 6.07 Å². The van der Waals surface area contributed by atoms with Crippen molar-refractivity contribution >= 4 is 6.08 Å². The fourth-order valence-electron chi connectivity index (χ4n) is 2.35. The second kappa shape index (κ2) is 3.59.